The van der Waals surface area contributed by atoms with Crippen LogP contribution in [0.5, 0.6) is 0 Å². The molecule has 2 atom stereocenters. The molecule has 198 valence electrons. The summed E-state index contributed by atoms with van der Waals surface area (Å²) in [6.07, 6.45) is 5.54. The number of hydrogen-bond donors (Lipinski definition) is 5. The number of esters is 1. The molecule has 37 heavy (non-hydrogen) atoms. The first-order chi connectivity index (χ1) is 17.7. The second-order valence-electron chi connectivity index (χ2n) is 8.80. The maximum absolute atomic E-state index is 12.6. The van der Waals surface area contributed by atoms with E-state index in [4.69, 9.17) is 15.6 Å². The average Bonchev–Trinajstić information content (AvgIpc) is 3.52. The van der Waals surface area contributed by atoms with Gasteiger partial charge in [-0.3, -0.25) is 14.7 Å². The van der Waals surface area contributed by atoms with Gasteiger partial charge >= 0.3 is 11.9 Å². The van der Waals surface area contributed by atoms with E-state index in [1.165, 1.54) is 7.11 Å². The number of nitrogens with two attached hydrogens (primary N) is 1. The number of para-hydroxylation sites is 2. The molecule has 0 saturated carbocycles. The van der Waals surface area contributed by atoms with Gasteiger partial charge in [0.25, 0.3) is 0 Å². The summed E-state index contributed by atoms with van der Waals surface area (Å²) in [5, 5.41) is 13.9. The van der Waals surface area contributed by atoms with Crippen molar-refractivity contribution >= 4 is 41.0 Å². The number of H-pyrrole nitrogens is 2. The molecule has 2 aromatic heterocycles. The zero-order valence-corrected chi connectivity index (χ0v) is 22.3. The fourth-order valence-electron chi connectivity index (χ4n) is 4.16. The van der Waals surface area contributed by atoms with Crippen molar-refractivity contribution in [2.75, 3.05) is 19.4 Å². The lowest BCUT2D eigenvalue weighted by Gasteiger charge is -2.22. The van der Waals surface area contributed by atoms with Crippen LogP contribution in [-0.2, 0) is 31.7 Å². The highest BCUT2D eigenvalue weighted by Crippen LogP contribution is 2.40. The summed E-state index contributed by atoms with van der Waals surface area (Å²) in [7, 11) is -1.19. The largest absolute Gasteiger partial charge is 0.480 e. The number of benzene rings is 2. The van der Waals surface area contributed by atoms with Crippen LogP contribution >= 0.6 is 7.29 Å². The molecule has 4 aromatic rings. The van der Waals surface area contributed by atoms with Crippen molar-refractivity contribution in [2.24, 2.45) is 5.73 Å². The van der Waals surface area contributed by atoms with Crippen LogP contribution in [0, 0.1) is 0 Å². The first kappa shape index (κ1) is 28.2. The van der Waals surface area contributed by atoms with Crippen LogP contribution in [0.3, 0.4) is 0 Å². The first-order valence-corrected chi connectivity index (χ1v) is 14.3. The minimum absolute atomic E-state index is 0.347. The number of carbonyl (C=O) groups excluding carboxylic acids is 1. The molecule has 0 aliphatic heterocycles. The van der Waals surface area contributed by atoms with Crippen molar-refractivity contribution in [3.8, 4) is 0 Å². The van der Waals surface area contributed by atoms with Gasteiger partial charge in [0.15, 0.2) is 0 Å². The maximum atomic E-state index is 12.6. The third-order valence-corrected chi connectivity index (χ3v) is 9.25. The Morgan fingerprint density at radius 1 is 0.946 bits per heavy atom. The zero-order chi connectivity index (χ0) is 27.0. The van der Waals surface area contributed by atoms with Gasteiger partial charge in [0.1, 0.15) is 19.4 Å². The van der Waals surface area contributed by atoms with Crippen LogP contribution in [0.4, 0.5) is 0 Å². The van der Waals surface area contributed by atoms with E-state index in [-0.39, 0.29) is 5.97 Å². The molecule has 0 bridgehead atoms. The van der Waals surface area contributed by atoms with Gasteiger partial charge in [-0.15, -0.1) is 0 Å². The summed E-state index contributed by atoms with van der Waals surface area (Å²) >= 11 is 0. The SMILES string of the molecule is CCP(=O)(CC)N[C@@H](Cc1c[nH]c2ccccc12)C(=O)OC.N[C@@H](Cc1c[nH]c2ccccc12)C(=O)O. The van der Waals surface area contributed by atoms with E-state index in [9.17, 15) is 14.2 Å². The molecular weight excluding hydrogens is 491 g/mol. The van der Waals surface area contributed by atoms with E-state index in [0.717, 1.165) is 32.9 Å². The molecule has 10 heteroatoms. The predicted molar refractivity (Wildman–Crippen MR) is 147 cm³/mol. The number of carboxylic acids is 1. The molecule has 0 unspecified atom stereocenters. The number of aliphatic carboxylic acids is 1. The summed E-state index contributed by atoms with van der Waals surface area (Å²) in [6.45, 7) is 3.74. The normalized spacial score (nSPS) is 13.1. The third kappa shape index (κ3) is 7.10. The van der Waals surface area contributed by atoms with Gasteiger partial charge < -0.3 is 30.1 Å². The molecular formula is C27H35N4O5P. The monoisotopic (exact) mass is 526 g/mol. The summed E-state index contributed by atoms with van der Waals surface area (Å²) in [5.74, 6) is -1.35. The predicted octanol–water partition coefficient (Wildman–Crippen LogP) is 4.28. The van der Waals surface area contributed by atoms with Gasteiger partial charge in [0.2, 0.25) is 0 Å². The molecule has 0 spiro atoms. The van der Waals surface area contributed by atoms with E-state index in [0.29, 0.717) is 25.2 Å². The van der Waals surface area contributed by atoms with Crippen LogP contribution in [0.25, 0.3) is 21.8 Å². The molecule has 6 N–H and O–H groups in total. The highest BCUT2D eigenvalue weighted by atomic mass is 31.2. The molecule has 0 fully saturated rings. The highest BCUT2D eigenvalue weighted by Gasteiger charge is 2.28. The quantitative estimate of drug-likeness (QED) is 0.153. The number of aromatic amines is 2. The third-order valence-electron chi connectivity index (χ3n) is 6.43. The van der Waals surface area contributed by atoms with Crippen LogP contribution < -0.4 is 10.8 Å². The Morgan fingerprint density at radius 3 is 1.89 bits per heavy atom. The summed E-state index contributed by atoms with van der Waals surface area (Å²) in [4.78, 5) is 29.0. The number of rotatable bonds is 10. The fourth-order valence-corrected chi connectivity index (χ4v) is 5.74. The molecule has 9 nitrogen and oxygen atoms in total. The van der Waals surface area contributed by atoms with Gasteiger partial charge in [0.05, 0.1) is 7.11 Å². The second-order valence-corrected chi connectivity index (χ2v) is 12.1. The molecule has 0 amide bonds. The Hall–Kier alpha value is -3.39. The molecule has 0 saturated heterocycles. The van der Waals surface area contributed by atoms with E-state index in [1.807, 2.05) is 74.8 Å². The Balaban J connectivity index is 0.000000220. The average molecular weight is 527 g/mol. The molecule has 0 aliphatic carbocycles. The van der Waals surface area contributed by atoms with Gasteiger partial charge in [-0.05, 0) is 23.3 Å². The van der Waals surface area contributed by atoms with Crippen LogP contribution in [0.1, 0.15) is 25.0 Å². The Kier molecular flexibility index (Phi) is 9.69. The van der Waals surface area contributed by atoms with E-state index >= 15 is 0 Å². The Bertz CT molecular complexity index is 1390. The molecule has 4 rings (SSSR count). The number of hydrogen-bond acceptors (Lipinski definition) is 5. The lowest BCUT2D eigenvalue weighted by molar-refractivity contribution is -0.142. The van der Waals surface area contributed by atoms with Gasteiger partial charge in [-0.25, -0.2) is 0 Å². The van der Waals surface area contributed by atoms with E-state index in [1.54, 1.807) is 0 Å². The zero-order valence-electron chi connectivity index (χ0n) is 21.4. The molecule has 2 aromatic carbocycles. The van der Waals surface area contributed by atoms with E-state index < -0.39 is 25.3 Å². The number of ether oxygens (including phenoxy) is 1. The van der Waals surface area contributed by atoms with Crippen molar-refractivity contribution in [1.29, 1.82) is 0 Å². The summed E-state index contributed by atoms with van der Waals surface area (Å²) < 4.78 is 17.5. The van der Waals surface area contributed by atoms with Crippen LogP contribution in [0.15, 0.2) is 60.9 Å². The lowest BCUT2D eigenvalue weighted by Crippen LogP contribution is -2.38. The molecule has 0 aliphatic rings. The highest BCUT2D eigenvalue weighted by molar-refractivity contribution is 7.61. The number of carbonyl (C=O) groups is 2. The van der Waals surface area contributed by atoms with Gasteiger partial charge in [-0.2, -0.15) is 0 Å². The second kappa shape index (κ2) is 12.7. The molecule has 0 radical (unpaired) electrons. The maximum Gasteiger partial charge on any atom is 0.323 e. The number of aromatic nitrogens is 2. The smallest absolute Gasteiger partial charge is 0.323 e. The molecule has 2 heterocycles. The minimum Gasteiger partial charge on any atom is -0.480 e. The van der Waals surface area contributed by atoms with Gasteiger partial charge in [0, 0.05) is 59.4 Å². The van der Waals surface area contributed by atoms with Crippen molar-refractivity contribution < 1.29 is 24.0 Å². The summed E-state index contributed by atoms with van der Waals surface area (Å²) in [5.41, 5.74) is 9.47. The lowest BCUT2D eigenvalue weighted by atomic mass is 10.1. The number of carboxylic acid groups (broad SMARTS) is 1. The van der Waals surface area contributed by atoms with Crippen molar-refractivity contribution in [3.63, 3.8) is 0 Å². The summed E-state index contributed by atoms with van der Waals surface area (Å²) in [6, 6.07) is 14.2. The Morgan fingerprint density at radius 2 is 1.43 bits per heavy atom. The minimum atomic E-state index is -2.54. The van der Waals surface area contributed by atoms with Crippen LogP contribution in [-0.4, -0.2) is 58.5 Å². The fraction of sp³-hybridized carbons (Fsp3) is 0.333. The van der Waals surface area contributed by atoms with Crippen molar-refractivity contribution in [1.82, 2.24) is 15.1 Å². The standard InChI is InChI=1S/C16H23N2O3P.C11H12N2O2/c1-4-22(20,5-2)18-15(16(19)21-3)10-12-11-17-14-9-7-6-8-13(12)14;12-9(11(14)15)5-7-6-13-10-4-2-1-3-8(7)10/h6-9,11,15,17H,4-5,10H2,1-3H3,(H,18,20);1-4,6,9,13H,5,12H2,(H,14,15)/t15-;9-/m00/s1. The van der Waals surface area contributed by atoms with E-state index in [2.05, 4.69) is 15.1 Å². The van der Waals surface area contributed by atoms with Crippen molar-refractivity contribution in [2.45, 2.75) is 38.8 Å². The number of methoxy groups -OCH3 is 1. The topological polar surface area (TPSA) is 150 Å². The first-order valence-electron chi connectivity index (χ1n) is 12.2. The number of nitrogens with one attached hydrogen (secondary N) is 3. The van der Waals surface area contributed by atoms with Crippen LogP contribution in [0.2, 0.25) is 0 Å². The van der Waals surface area contributed by atoms with Crippen molar-refractivity contribution in [3.05, 3.63) is 72.1 Å². The Labute approximate surface area is 216 Å². The van der Waals surface area contributed by atoms with Gasteiger partial charge in [-0.1, -0.05) is 50.2 Å². The number of fused-ring (bicyclic) bond motifs is 2.